The molecule has 0 bridgehead atoms. The molecule has 0 spiro atoms. The summed E-state index contributed by atoms with van der Waals surface area (Å²) in [5.41, 5.74) is 1.57. The third-order valence-corrected chi connectivity index (χ3v) is 9.70. The number of aromatic amines is 1. The molecule has 0 atom stereocenters. The van der Waals surface area contributed by atoms with Crippen LogP contribution in [0.2, 0.25) is 10.6 Å². The van der Waals surface area contributed by atoms with E-state index in [4.69, 9.17) is 33.9 Å². The van der Waals surface area contributed by atoms with E-state index in [-0.39, 0.29) is 26.0 Å². The summed E-state index contributed by atoms with van der Waals surface area (Å²) in [6, 6.07) is 16.9. The first-order valence-electron chi connectivity index (χ1n) is 13.1. The average Bonchev–Trinajstić information content (AvgIpc) is 3.71. The summed E-state index contributed by atoms with van der Waals surface area (Å²) >= 11 is 11.3. The summed E-state index contributed by atoms with van der Waals surface area (Å²) in [7, 11) is -2.42. The minimum atomic E-state index is -3.97. The highest BCUT2D eigenvalue weighted by Crippen LogP contribution is 2.25. The van der Waals surface area contributed by atoms with Crippen molar-refractivity contribution in [3.8, 4) is 0 Å². The Morgan fingerprint density at radius 1 is 0.617 bits per heavy atom. The smallest absolute Gasteiger partial charge is 0.261 e. The fraction of sp³-hybridized carbons (Fsp3) is 0. The second-order valence-electron chi connectivity index (χ2n) is 9.32. The maximum absolute atomic E-state index is 13.0. The number of hydrogen-bond acceptors (Lipinski definition) is 12. The van der Waals surface area contributed by atoms with Crippen molar-refractivity contribution in [1.82, 2.24) is 49.3 Å². The summed E-state index contributed by atoms with van der Waals surface area (Å²) in [4.78, 5) is 23.7. The molecule has 6 aromatic heterocycles. The number of aromatic nitrogens is 10. The Morgan fingerprint density at radius 3 is 1.85 bits per heavy atom. The third kappa shape index (κ3) is 6.81. The van der Waals surface area contributed by atoms with Gasteiger partial charge >= 0.3 is 0 Å². The van der Waals surface area contributed by atoms with E-state index in [1.807, 2.05) is 0 Å². The van der Waals surface area contributed by atoms with Gasteiger partial charge in [0.1, 0.15) is 9.79 Å². The van der Waals surface area contributed by atoms with Crippen molar-refractivity contribution < 1.29 is 16.8 Å². The van der Waals surface area contributed by atoms with E-state index < -0.39 is 19.1 Å². The summed E-state index contributed by atoms with van der Waals surface area (Å²) < 4.78 is 49.2. The largest absolute Gasteiger partial charge is 0.287 e. The summed E-state index contributed by atoms with van der Waals surface area (Å²) in [6.07, 6.45) is 9.14. The van der Waals surface area contributed by atoms with Crippen LogP contribution in [0.3, 0.4) is 0 Å². The average molecular weight is 728 g/mol. The van der Waals surface area contributed by atoms with E-state index >= 15 is 0 Å². The van der Waals surface area contributed by atoms with E-state index in [0.717, 1.165) is 20.2 Å². The lowest BCUT2D eigenvalue weighted by atomic mass is 10.2. The number of H-pyrrole nitrogens is 1. The van der Waals surface area contributed by atoms with Crippen LogP contribution in [0.25, 0.3) is 43.9 Å². The number of rotatable bonds is 3. The number of fused-ring (bicyclic) bond motifs is 4. The van der Waals surface area contributed by atoms with Gasteiger partial charge in [0.2, 0.25) is 10.6 Å². The lowest BCUT2D eigenvalue weighted by Crippen LogP contribution is -2.15. The second-order valence-corrected chi connectivity index (χ2v) is 14.3. The molecule has 14 nitrogen and oxygen atoms in total. The van der Waals surface area contributed by atoms with Gasteiger partial charge in [-0.25, -0.2) is 18.4 Å². The SMILES string of the molecule is Clc1ncc2cn[nH]c2n1.O=S(=O)(Cl)c1cccc2cccnc12.O=S(=O)(c1cccc2cccnc12)n1ncc2cnc(Cl)nc21. The Hall–Kier alpha value is -4.87. The zero-order valence-corrected chi connectivity index (χ0v) is 27.2. The molecular weight excluding hydrogens is 711 g/mol. The molecule has 0 radical (unpaired) electrons. The van der Waals surface area contributed by atoms with Crippen LogP contribution in [0.1, 0.15) is 0 Å². The Balaban J connectivity index is 0.000000136. The highest BCUT2D eigenvalue weighted by atomic mass is 35.7. The van der Waals surface area contributed by atoms with Gasteiger partial charge in [-0.3, -0.25) is 15.1 Å². The molecule has 8 rings (SSSR count). The highest BCUT2D eigenvalue weighted by Gasteiger charge is 2.24. The van der Waals surface area contributed by atoms with E-state index in [0.29, 0.717) is 22.1 Å². The predicted octanol–water partition coefficient (Wildman–Crippen LogP) is 5.43. The molecule has 1 N–H and O–H groups in total. The highest BCUT2D eigenvalue weighted by molar-refractivity contribution is 8.14. The van der Waals surface area contributed by atoms with Gasteiger partial charge in [0.15, 0.2) is 11.3 Å². The minimum Gasteiger partial charge on any atom is -0.261 e. The Labute approximate surface area is 279 Å². The van der Waals surface area contributed by atoms with Gasteiger partial charge in [0.25, 0.3) is 19.1 Å². The van der Waals surface area contributed by atoms with E-state index in [1.165, 1.54) is 30.7 Å². The topological polar surface area (TPSA) is 192 Å². The van der Waals surface area contributed by atoms with Crippen molar-refractivity contribution in [3.05, 3.63) is 108 Å². The monoisotopic (exact) mass is 726 g/mol. The molecule has 47 heavy (non-hydrogen) atoms. The maximum Gasteiger partial charge on any atom is 0.287 e. The lowest BCUT2D eigenvalue weighted by Gasteiger charge is -2.07. The van der Waals surface area contributed by atoms with Crippen LogP contribution in [0.15, 0.2) is 108 Å². The van der Waals surface area contributed by atoms with Gasteiger partial charge < -0.3 is 0 Å². The van der Waals surface area contributed by atoms with E-state index in [9.17, 15) is 16.8 Å². The van der Waals surface area contributed by atoms with Crippen LogP contribution in [0.5, 0.6) is 0 Å². The fourth-order valence-corrected chi connectivity index (χ4v) is 6.99. The number of hydrogen-bond donors (Lipinski definition) is 1. The third-order valence-electron chi connectivity index (χ3n) is 6.37. The minimum absolute atomic E-state index is 0.0505. The molecule has 0 aliphatic heterocycles. The fourth-order valence-electron chi connectivity index (χ4n) is 4.32. The number of benzene rings is 2. The zero-order valence-electron chi connectivity index (χ0n) is 23.3. The van der Waals surface area contributed by atoms with Crippen LogP contribution in [-0.4, -0.2) is 66.1 Å². The van der Waals surface area contributed by atoms with Gasteiger partial charge in [-0.2, -0.15) is 28.6 Å². The van der Waals surface area contributed by atoms with Gasteiger partial charge in [-0.1, -0.05) is 36.4 Å². The van der Waals surface area contributed by atoms with E-state index in [1.54, 1.807) is 67.1 Å². The lowest BCUT2D eigenvalue weighted by molar-refractivity contribution is 0.582. The molecule has 2 aromatic carbocycles. The molecule has 8 aromatic rings. The quantitative estimate of drug-likeness (QED) is 0.179. The summed E-state index contributed by atoms with van der Waals surface area (Å²) in [6.45, 7) is 0. The molecule has 0 amide bonds. The van der Waals surface area contributed by atoms with Crippen molar-refractivity contribution in [2.75, 3.05) is 0 Å². The van der Waals surface area contributed by atoms with Crippen molar-refractivity contribution in [2.45, 2.75) is 9.79 Å². The van der Waals surface area contributed by atoms with Gasteiger partial charge in [0, 0.05) is 46.2 Å². The van der Waals surface area contributed by atoms with E-state index in [2.05, 4.69) is 45.2 Å². The number of halogens is 3. The Bertz CT molecular complexity index is 2620. The first-order valence-corrected chi connectivity index (χ1v) is 17.6. The first kappa shape index (κ1) is 32.1. The van der Waals surface area contributed by atoms with Gasteiger partial charge in [-0.05, 0) is 47.5 Å². The second kappa shape index (κ2) is 13.1. The summed E-state index contributed by atoms with van der Waals surface area (Å²) in [5, 5.41) is 13.4. The molecule has 0 saturated carbocycles. The van der Waals surface area contributed by atoms with Crippen molar-refractivity contribution >= 4 is 96.8 Å². The molecule has 19 heteroatoms. The van der Waals surface area contributed by atoms with Crippen molar-refractivity contribution in [2.24, 2.45) is 0 Å². The molecule has 0 fully saturated rings. The number of nitrogens with zero attached hydrogens (tertiary/aromatic N) is 9. The number of para-hydroxylation sites is 2. The molecule has 0 aliphatic carbocycles. The molecule has 6 heterocycles. The molecular formula is C28H17Cl3N10O4S2. The standard InChI is InChI=1S/C14H8ClN5O2S.C9H6ClNO2S.C5H3ClN4/c15-14-17-7-10-8-18-20(13(10)19-14)23(21,22)11-5-1-3-9-4-2-6-16-12(9)11;10-14(12,13)8-5-1-3-7-4-2-6-11-9(7)8;6-5-7-1-3-2-8-10-4(3)9-5/h1-8H;1-6H;1-2H,(H,7,8,9,10). The Morgan fingerprint density at radius 2 is 1.19 bits per heavy atom. The van der Waals surface area contributed by atoms with Crippen LogP contribution >= 0.6 is 33.9 Å². The summed E-state index contributed by atoms with van der Waals surface area (Å²) in [5.74, 6) is 0. The van der Waals surface area contributed by atoms with Gasteiger partial charge in [-0.15, -0.1) is 4.09 Å². The molecule has 0 saturated heterocycles. The van der Waals surface area contributed by atoms with Crippen LogP contribution in [0.4, 0.5) is 0 Å². The Kier molecular flexibility index (Phi) is 8.94. The molecule has 0 unspecified atom stereocenters. The normalized spacial score (nSPS) is 11.6. The van der Waals surface area contributed by atoms with Crippen molar-refractivity contribution in [3.63, 3.8) is 0 Å². The maximum atomic E-state index is 13.0. The molecule has 236 valence electrons. The van der Waals surface area contributed by atoms with Crippen LogP contribution < -0.4 is 0 Å². The first-order chi connectivity index (χ1) is 22.5. The van der Waals surface area contributed by atoms with Crippen molar-refractivity contribution in [1.29, 1.82) is 0 Å². The van der Waals surface area contributed by atoms with Crippen LogP contribution in [0, 0.1) is 0 Å². The number of nitrogens with one attached hydrogen (secondary N) is 1. The van der Waals surface area contributed by atoms with Crippen LogP contribution in [-0.2, 0) is 19.1 Å². The zero-order chi connectivity index (χ0) is 33.2. The van der Waals surface area contributed by atoms with Gasteiger partial charge in [0.05, 0.1) is 34.2 Å². The predicted molar refractivity (Wildman–Crippen MR) is 176 cm³/mol. The number of pyridine rings is 2. The molecule has 0 aliphatic rings.